The largest absolute Gasteiger partial charge is 0.383 e. The Hall–Kier alpha value is -3.85. The summed E-state index contributed by atoms with van der Waals surface area (Å²) in [6.07, 6.45) is 1.77. The Morgan fingerprint density at radius 2 is 1.64 bits per heavy atom. The van der Waals surface area contributed by atoms with Crippen LogP contribution in [0.3, 0.4) is 0 Å². The number of aromatic nitrogens is 4. The summed E-state index contributed by atoms with van der Waals surface area (Å²) in [5.74, 6) is 0.565. The fourth-order valence-corrected chi connectivity index (χ4v) is 3.83. The minimum absolute atomic E-state index is 0.230. The van der Waals surface area contributed by atoms with Crippen molar-refractivity contribution in [2.75, 3.05) is 11.5 Å². The number of anilines is 2. The molecular formula is C19H14N8S. The highest BCUT2D eigenvalue weighted by Crippen LogP contribution is 2.35. The maximum Gasteiger partial charge on any atom is 0.187 e. The Kier molecular flexibility index (Phi) is 3.73. The number of benzene rings is 2. The van der Waals surface area contributed by atoms with E-state index in [1.54, 1.807) is 22.0 Å². The molecule has 0 atom stereocenters. The summed E-state index contributed by atoms with van der Waals surface area (Å²) in [5.41, 5.74) is 15.4. The van der Waals surface area contributed by atoms with Crippen LogP contribution < -0.4 is 11.5 Å². The Balaban J connectivity index is 1.61. The number of hydrogen-bond donors (Lipinski definition) is 2. The number of hydrogen-bond acceptors (Lipinski definition) is 8. The molecule has 2 aromatic carbocycles. The summed E-state index contributed by atoms with van der Waals surface area (Å²) in [4.78, 5) is 9.11. The summed E-state index contributed by atoms with van der Waals surface area (Å²) in [6.45, 7) is 0. The maximum absolute atomic E-state index is 6.23. The van der Waals surface area contributed by atoms with Crippen LogP contribution in [0.25, 0.3) is 26.4 Å². The lowest BCUT2D eigenvalue weighted by Gasteiger charge is -2.02. The summed E-state index contributed by atoms with van der Waals surface area (Å²) in [7, 11) is 0. The molecule has 0 fully saturated rings. The molecule has 0 amide bonds. The molecule has 0 bridgehead atoms. The molecule has 0 unspecified atom stereocenters. The molecule has 136 valence electrons. The van der Waals surface area contributed by atoms with E-state index in [0.29, 0.717) is 28.4 Å². The molecule has 0 aliphatic carbocycles. The van der Waals surface area contributed by atoms with Crippen LogP contribution in [-0.4, -0.2) is 19.6 Å². The fourth-order valence-electron chi connectivity index (χ4n) is 2.84. The predicted molar refractivity (Wildman–Crippen MR) is 111 cm³/mol. The van der Waals surface area contributed by atoms with Crippen molar-refractivity contribution < 1.29 is 0 Å². The quantitative estimate of drug-likeness (QED) is 0.440. The topological polar surface area (TPSA) is 120 Å². The van der Waals surface area contributed by atoms with Gasteiger partial charge in [0, 0.05) is 6.20 Å². The second-order valence-corrected chi connectivity index (χ2v) is 7.09. The average Bonchev–Trinajstić information content (AvgIpc) is 3.27. The minimum Gasteiger partial charge on any atom is -0.383 e. The first-order chi connectivity index (χ1) is 13.7. The van der Waals surface area contributed by atoms with Crippen molar-refractivity contribution in [1.29, 1.82) is 0 Å². The van der Waals surface area contributed by atoms with E-state index in [1.807, 2.05) is 54.6 Å². The van der Waals surface area contributed by atoms with Gasteiger partial charge in [-0.25, -0.2) is 14.5 Å². The summed E-state index contributed by atoms with van der Waals surface area (Å²) < 4.78 is 2.64. The highest BCUT2D eigenvalue weighted by atomic mass is 32.1. The first kappa shape index (κ1) is 16.3. The zero-order chi connectivity index (χ0) is 19.1. The summed E-state index contributed by atoms with van der Waals surface area (Å²) in [5, 5.41) is 13.5. The third kappa shape index (κ3) is 2.74. The van der Waals surface area contributed by atoms with Crippen LogP contribution in [0.1, 0.15) is 0 Å². The number of rotatable bonds is 3. The van der Waals surface area contributed by atoms with Gasteiger partial charge in [0.2, 0.25) is 0 Å². The predicted octanol–water partition coefficient (Wildman–Crippen LogP) is 4.59. The Morgan fingerprint density at radius 1 is 0.857 bits per heavy atom. The lowest BCUT2D eigenvalue weighted by molar-refractivity contribution is 0.949. The van der Waals surface area contributed by atoms with Crippen molar-refractivity contribution in [2.24, 2.45) is 10.2 Å². The molecule has 0 spiro atoms. The first-order valence-corrected chi connectivity index (χ1v) is 9.28. The van der Waals surface area contributed by atoms with Crippen LogP contribution in [0.5, 0.6) is 0 Å². The van der Waals surface area contributed by atoms with Crippen LogP contribution in [0.4, 0.5) is 23.0 Å². The molecule has 3 heterocycles. The first-order valence-electron chi connectivity index (χ1n) is 8.46. The van der Waals surface area contributed by atoms with Crippen molar-refractivity contribution in [3.05, 3.63) is 60.8 Å². The van der Waals surface area contributed by atoms with Crippen LogP contribution >= 0.6 is 11.3 Å². The molecule has 0 aliphatic heterocycles. The van der Waals surface area contributed by atoms with E-state index >= 15 is 0 Å². The lowest BCUT2D eigenvalue weighted by Crippen LogP contribution is -1.99. The van der Waals surface area contributed by atoms with E-state index in [9.17, 15) is 0 Å². The number of nitrogens with zero attached hydrogens (tertiary/aromatic N) is 6. The van der Waals surface area contributed by atoms with Gasteiger partial charge in [0.1, 0.15) is 10.8 Å². The SMILES string of the molecule is Nc1nc2c(N=Nc3ccccc3)c(N)nn2cc1-c1nc2ccccc2s1. The number of fused-ring (bicyclic) bond motifs is 2. The fraction of sp³-hybridized carbons (Fsp3) is 0. The molecule has 0 saturated heterocycles. The minimum atomic E-state index is 0.230. The van der Waals surface area contributed by atoms with Crippen molar-refractivity contribution in [3.63, 3.8) is 0 Å². The number of azo groups is 1. The number of nitrogens with two attached hydrogens (primary N) is 2. The van der Waals surface area contributed by atoms with Gasteiger partial charge in [0.15, 0.2) is 17.2 Å². The third-order valence-corrected chi connectivity index (χ3v) is 5.26. The van der Waals surface area contributed by atoms with Gasteiger partial charge in [0.05, 0.1) is 21.5 Å². The van der Waals surface area contributed by atoms with Crippen molar-refractivity contribution in [2.45, 2.75) is 0 Å². The monoisotopic (exact) mass is 386 g/mol. The highest BCUT2D eigenvalue weighted by molar-refractivity contribution is 7.21. The third-order valence-electron chi connectivity index (χ3n) is 4.19. The zero-order valence-electron chi connectivity index (χ0n) is 14.5. The molecule has 3 aromatic heterocycles. The van der Waals surface area contributed by atoms with Crippen LogP contribution in [0.2, 0.25) is 0 Å². The summed E-state index contributed by atoms with van der Waals surface area (Å²) >= 11 is 1.55. The van der Waals surface area contributed by atoms with Crippen LogP contribution in [-0.2, 0) is 0 Å². The van der Waals surface area contributed by atoms with Gasteiger partial charge in [-0.2, -0.15) is 5.11 Å². The van der Waals surface area contributed by atoms with Gasteiger partial charge in [-0.1, -0.05) is 30.3 Å². The van der Waals surface area contributed by atoms with Gasteiger partial charge >= 0.3 is 0 Å². The molecule has 0 aliphatic rings. The van der Waals surface area contributed by atoms with E-state index in [1.165, 1.54) is 0 Å². The molecule has 5 aromatic rings. The maximum atomic E-state index is 6.23. The van der Waals surface area contributed by atoms with Crippen molar-refractivity contribution in [3.8, 4) is 10.6 Å². The molecule has 0 saturated carbocycles. The van der Waals surface area contributed by atoms with E-state index in [2.05, 4.69) is 25.3 Å². The Morgan fingerprint density at radius 3 is 2.46 bits per heavy atom. The van der Waals surface area contributed by atoms with Gasteiger partial charge < -0.3 is 11.5 Å². The van der Waals surface area contributed by atoms with Gasteiger partial charge in [0.25, 0.3) is 0 Å². The lowest BCUT2D eigenvalue weighted by atomic mass is 10.3. The van der Waals surface area contributed by atoms with E-state index < -0.39 is 0 Å². The number of thiazole rings is 1. The second kappa shape index (κ2) is 6.39. The number of para-hydroxylation sites is 1. The molecule has 4 N–H and O–H groups in total. The average molecular weight is 386 g/mol. The normalized spacial score (nSPS) is 11.7. The molecule has 0 radical (unpaired) electrons. The Bertz CT molecular complexity index is 1300. The van der Waals surface area contributed by atoms with E-state index in [-0.39, 0.29) is 5.82 Å². The molecule has 28 heavy (non-hydrogen) atoms. The van der Waals surface area contributed by atoms with Crippen LogP contribution in [0, 0.1) is 0 Å². The molecule has 9 heteroatoms. The van der Waals surface area contributed by atoms with Crippen LogP contribution in [0.15, 0.2) is 71.0 Å². The molecule has 8 nitrogen and oxygen atoms in total. The van der Waals surface area contributed by atoms with Gasteiger partial charge in [-0.15, -0.1) is 21.5 Å². The van der Waals surface area contributed by atoms with Crippen molar-refractivity contribution in [1.82, 2.24) is 19.6 Å². The van der Waals surface area contributed by atoms with Crippen molar-refractivity contribution >= 4 is 50.2 Å². The highest BCUT2D eigenvalue weighted by Gasteiger charge is 2.17. The van der Waals surface area contributed by atoms with E-state index in [4.69, 9.17) is 11.5 Å². The van der Waals surface area contributed by atoms with Gasteiger partial charge in [-0.3, -0.25) is 0 Å². The van der Waals surface area contributed by atoms with E-state index in [0.717, 1.165) is 15.2 Å². The number of nitrogen functional groups attached to an aromatic ring is 2. The summed E-state index contributed by atoms with van der Waals surface area (Å²) in [6, 6.07) is 17.3. The molecular weight excluding hydrogens is 372 g/mol. The zero-order valence-corrected chi connectivity index (χ0v) is 15.3. The second-order valence-electron chi connectivity index (χ2n) is 6.06. The smallest absolute Gasteiger partial charge is 0.187 e. The standard InChI is InChI=1S/C19H14N8S/c20-16-12(19-22-13-8-4-5-9-14(13)28-19)10-27-18(23-16)15(17(21)26-27)25-24-11-6-2-1-3-7-11/h1-10H,(H2,20,23)(H2,21,26). The molecule has 5 rings (SSSR count). The van der Waals surface area contributed by atoms with Gasteiger partial charge in [-0.05, 0) is 24.3 Å². The Labute approximate surface area is 163 Å².